The molecular weight excluding hydrogens is 1610 g/mol. The van der Waals surface area contributed by atoms with Crippen LogP contribution >= 0.6 is 11.3 Å². The van der Waals surface area contributed by atoms with Crippen LogP contribution in [0.25, 0.3) is 254 Å². The summed E-state index contributed by atoms with van der Waals surface area (Å²) < 4.78 is 21.4. The van der Waals surface area contributed by atoms with E-state index in [-0.39, 0.29) is 0 Å². The Morgan fingerprint density at radius 3 is 0.915 bits per heavy atom. The molecule has 0 spiro atoms. The molecule has 0 unspecified atom stereocenters. The number of hydrogen-bond donors (Lipinski definition) is 0. The van der Waals surface area contributed by atoms with Crippen molar-refractivity contribution in [1.82, 2.24) is 49.8 Å². The second-order valence-electron chi connectivity index (χ2n) is 32.0. The number of benzene rings is 19. The van der Waals surface area contributed by atoms with E-state index in [2.05, 4.69) is 212 Å². The van der Waals surface area contributed by atoms with Gasteiger partial charge in [-0.15, -0.1) is 11.3 Å². The van der Waals surface area contributed by atoms with Gasteiger partial charge in [-0.25, -0.2) is 49.8 Å². The number of oxazole rings is 3. The average molecular weight is 1680 g/mol. The molecule has 0 saturated heterocycles. The van der Waals surface area contributed by atoms with Crippen LogP contribution < -0.4 is 0 Å². The zero-order valence-corrected chi connectivity index (χ0v) is 70.3. The summed E-state index contributed by atoms with van der Waals surface area (Å²) in [7, 11) is 0. The maximum Gasteiger partial charge on any atom is 0.228 e. The van der Waals surface area contributed by atoms with E-state index in [1.165, 1.54) is 20.2 Å². The number of rotatable bonds is 12. The summed E-state index contributed by atoms with van der Waals surface area (Å²) in [5.41, 5.74) is 20.3. The Morgan fingerprint density at radius 1 is 0.177 bits per heavy atom. The van der Waals surface area contributed by atoms with Gasteiger partial charge in [0.1, 0.15) is 16.6 Å². The highest BCUT2D eigenvalue weighted by molar-refractivity contribution is 7.26. The highest BCUT2D eigenvalue weighted by atomic mass is 32.1. The van der Waals surface area contributed by atoms with Crippen LogP contribution in [-0.4, -0.2) is 49.8 Å². The summed E-state index contributed by atoms with van der Waals surface area (Å²) in [6.07, 6.45) is 0. The van der Waals surface area contributed by atoms with Gasteiger partial charge in [-0.3, -0.25) is 0 Å². The van der Waals surface area contributed by atoms with Crippen molar-refractivity contribution >= 4 is 129 Å². The van der Waals surface area contributed by atoms with Gasteiger partial charge >= 0.3 is 0 Å². The van der Waals surface area contributed by atoms with Crippen LogP contribution in [-0.2, 0) is 0 Å². The lowest BCUT2D eigenvalue weighted by atomic mass is 9.98. The van der Waals surface area contributed by atoms with E-state index >= 15 is 0 Å². The minimum atomic E-state index is 0.610. The van der Waals surface area contributed by atoms with Gasteiger partial charge in [-0.2, -0.15) is 0 Å². The molecule has 0 radical (unpaired) electrons. The third-order valence-corrected chi connectivity index (χ3v) is 25.2. The van der Waals surface area contributed by atoms with E-state index < -0.39 is 0 Å². The van der Waals surface area contributed by atoms with Crippen LogP contribution in [0.3, 0.4) is 0 Å². The molecule has 13 nitrogen and oxygen atoms in total. The van der Waals surface area contributed by atoms with Crippen LogP contribution in [0.2, 0.25) is 0 Å². The largest absolute Gasteiger partial charge is 0.436 e. The molecule has 14 heteroatoms. The number of aromatic nitrogens is 10. The molecule has 19 aromatic carbocycles. The normalized spacial score (nSPS) is 11.5. The molecule has 0 fully saturated rings. The minimum Gasteiger partial charge on any atom is -0.436 e. The van der Waals surface area contributed by atoms with E-state index in [9.17, 15) is 0 Å². The van der Waals surface area contributed by atoms with Crippen molar-refractivity contribution in [3.05, 3.63) is 425 Å². The van der Waals surface area contributed by atoms with Gasteiger partial charge in [0.15, 0.2) is 45.9 Å². The molecule has 608 valence electrons. The highest BCUT2D eigenvalue weighted by Crippen LogP contribution is 2.45. The van der Waals surface area contributed by atoms with Crippen molar-refractivity contribution in [2.75, 3.05) is 0 Å². The zero-order valence-electron chi connectivity index (χ0n) is 69.5. The van der Waals surface area contributed by atoms with E-state index in [0.29, 0.717) is 46.8 Å². The van der Waals surface area contributed by atoms with Crippen molar-refractivity contribution in [3.8, 4) is 136 Å². The Hall–Kier alpha value is -17.5. The van der Waals surface area contributed by atoms with Crippen molar-refractivity contribution in [2.45, 2.75) is 0 Å². The quantitative estimate of drug-likeness (QED) is 0.106. The predicted octanol–water partition coefficient (Wildman–Crippen LogP) is 30.5. The number of hydrogen-bond acceptors (Lipinski definition) is 14. The summed E-state index contributed by atoms with van der Waals surface area (Å²) in [6, 6.07) is 145. The molecule has 0 amide bonds. The minimum absolute atomic E-state index is 0.610. The summed E-state index contributed by atoms with van der Waals surface area (Å²) in [5, 5.41) is 15.6. The number of fused-ring (bicyclic) bond motifs is 18. The van der Waals surface area contributed by atoms with Gasteiger partial charge in [-0.05, 0) is 133 Å². The molecule has 130 heavy (non-hydrogen) atoms. The van der Waals surface area contributed by atoms with Crippen molar-refractivity contribution in [3.63, 3.8) is 0 Å². The third kappa shape index (κ3) is 14.3. The fourth-order valence-corrected chi connectivity index (χ4v) is 18.8. The topological polar surface area (TPSA) is 168 Å². The molecule has 0 saturated carbocycles. The molecule has 0 atom stereocenters. The maximum absolute atomic E-state index is 6.49. The van der Waals surface area contributed by atoms with Crippen LogP contribution in [0, 0.1) is 0 Å². The van der Waals surface area contributed by atoms with Crippen LogP contribution in [0.1, 0.15) is 0 Å². The van der Waals surface area contributed by atoms with Gasteiger partial charge in [0.25, 0.3) is 0 Å². The van der Waals surface area contributed by atoms with Crippen molar-refractivity contribution < 1.29 is 13.3 Å². The lowest BCUT2D eigenvalue weighted by molar-refractivity contribution is 0.619. The van der Waals surface area contributed by atoms with Gasteiger partial charge in [0.05, 0.1) is 28.3 Å². The Labute approximate surface area is 748 Å². The van der Waals surface area contributed by atoms with E-state index in [1.54, 1.807) is 11.3 Å². The first kappa shape index (κ1) is 76.2. The molecule has 0 aliphatic heterocycles. The maximum atomic E-state index is 6.49. The van der Waals surface area contributed by atoms with E-state index in [4.69, 9.17) is 63.1 Å². The molecule has 0 bridgehead atoms. The molecule has 7 heterocycles. The van der Waals surface area contributed by atoms with Gasteiger partial charge in [0.2, 0.25) is 17.7 Å². The predicted molar refractivity (Wildman–Crippen MR) is 530 cm³/mol. The number of thiophene rings is 1. The molecule has 0 aliphatic rings. The van der Waals surface area contributed by atoms with Crippen molar-refractivity contribution in [2.24, 2.45) is 0 Å². The van der Waals surface area contributed by atoms with Crippen molar-refractivity contribution in [1.29, 1.82) is 0 Å². The number of nitrogens with zero attached hydrogens (tertiary/aromatic N) is 10. The second kappa shape index (κ2) is 32.6. The molecule has 0 N–H and O–H groups in total. The molecule has 26 rings (SSSR count). The summed E-state index contributed by atoms with van der Waals surface area (Å²) >= 11 is 1.79. The van der Waals surface area contributed by atoms with E-state index in [1.807, 2.05) is 212 Å². The second-order valence-corrected chi connectivity index (χ2v) is 33.1. The van der Waals surface area contributed by atoms with Gasteiger partial charge < -0.3 is 13.3 Å². The fraction of sp³-hybridized carbons (Fsp3) is 0. The molecule has 0 aliphatic carbocycles. The van der Waals surface area contributed by atoms with Crippen LogP contribution in [0.5, 0.6) is 0 Å². The van der Waals surface area contributed by atoms with Crippen LogP contribution in [0.15, 0.2) is 438 Å². The average Bonchev–Trinajstić information content (AvgIpc) is 1.50. The molecule has 26 aromatic rings. The highest BCUT2D eigenvalue weighted by Gasteiger charge is 2.23. The van der Waals surface area contributed by atoms with Crippen LogP contribution in [0.4, 0.5) is 0 Å². The monoisotopic (exact) mass is 1680 g/mol. The molecule has 7 aromatic heterocycles. The first-order valence-electron chi connectivity index (χ1n) is 43.0. The van der Waals surface area contributed by atoms with Gasteiger partial charge in [-0.1, -0.05) is 340 Å². The first-order chi connectivity index (χ1) is 64.4. The Balaban J connectivity index is 0.000000109. The Kier molecular flexibility index (Phi) is 19.1. The van der Waals surface area contributed by atoms with Gasteiger partial charge in [0, 0.05) is 97.5 Å². The zero-order chi connectivity index (χ0) is 86.0. The van der Waals surface area contributed by atoms with E-state index in [0.717, 1.165) is 187 Å². The Morgan fingerprint density at radius 2 is 0.485 bits per heavy atom. The first-order valence-corrected chi connectivity index (χ1v) is 43.9. The Bertz CT molecular complexity index is 8350. The third-order valence-electron chi connectivity index (χ3n) is 24.0. The molecular formula is C116H70N10O3S. The standard InChI is InChI=1S/C43H25N3OS.C37H23N3O.C36H22N4O/c1-3-10-26(11-4-1)35-25-36(27-12-5-2-6-13-27)45-42(44-35)30-20-22-31-29(24-30)19-18-28-21-23-37-40(39(28)31)46-43(47-37)34-16-9-15-33-32-14-7-8-17-38(32)48-41(33)34;1-4-10-25(11-5-1)31-23-32(26-12-6-2-7-13-26)39-36(38-31)29-19-17-24-16-18-27-20-21-33-35(34(27)30(24)22-29)40-37(41-33)28-14-8-3-9-15-28;1-4-10-25(11-5-1)33-38-34(26-12-6-2-7-13-26)40-35(39-33)28-19-17-23-16-18-24-20-21-30-32(31(24)29(23)22-28)37-36(41-30)27-14-8-3-9-15-27/h1-25H;1-23H;1-22H. The summed E-state index contributed by atoms with van der Waals surface area (Å²) in [6.45, 7) is 0. The summed E-state index contributed by atoms with van der Waals surface area (Å²) in [5.74, 6) is 5.14. The fourth-order valence-electron chi connectivity index (χ4n) is 17.6. The summed E-state index contributed by atoms with van der Waals surface area (Å²) in [4.78, 5) is 50.0. The lowest BCUT2D eigenvalue weighted by Gasteiger charge is -2.11. The smallest absolute Gasteiger partial charge is 0.228 e. The lowest BCUT2D eigenvalue weighted by Crippen LogP contribution is -2.00. The SMILES string of the molecule is c1ccc(-c2cc(-c3ccccc3)nc(-c3ccc4c(ccc5ccc6oc(-c7cccc8c7sc7ccccc78)nc6c54)c3)n2)cc1.c1ccc(-c2cc(-c3ccccc3)nc(-c3ccc4ccc5ccc6oc(-c7ccccc7)nc6c5c4c3)n2)cc1.c1ccc(-c2nc(-c3ccccc3)nc(-c3ccc4ccc5ccc6oc(-c7ccccc7)nc6c5c4c3)n2)cc1.